The first-order valence-corrected chi connectivity index (χ1v) is 8.05. The van der Waals surface area contributed by atoms with Gasteiger partial charge >= 0.3 is 6.18 Å². The Kier molecular flexibility index (Phi) is 3.79. The van der Waals surface area contributed by atoms with Crippen LogP contribution in [0, 0.1) is 12.7 Å². The van der Waals surface area contributed by atoms with E-state index in [-0.39, 0.29) is 11.6 Å². The molecule has 0 spiro atoms. The largest absolute Gasteiger partial charge is 0.408 e. The fourth-order valence-corrected chi connectivity index (χ4v) is 2.82. The summed E-state index contributed by atoms with van der Waals surface area (Å²) in [7, 11) is 0. The SMILES string of the molecule is Cc1cn2cc(-c3c[nH]c4nc(N[C@@H](C)C(F)(F)F)ncc34)cc(F)c2n1. The second-order valence-corrected chi connectivity index (χ2v) is 6.26. The Bertz CT molecular complexity index is 1140. The molecule has 6 nitrogen and oxygen atoms in total. The number of hydrogen-bond donors (Lipinski definition) is 2. The monoisotopic (exact) mass is 378 g/mol. The summed E-state index contributed by atoms with van der Waals surface area (Å²) in [5.41, 5.74) is 2.45. The van der Waals surface area contributed by atoms with Gasteiger partial charge in [-0.3, -0.25) is 0 Å². The maximum absolute atomic E-state index is 14.3. The van der Waals surface area contributed by atoms with Crippen molar-refractivity contribution in [2.24, 2.45) is 0 Å². The van der Waals surface area contributed by atoms with Crippen LogP contribution in [0.2, 0.25) is 0 Å². The van der Waals surface area contributed by atoms with Crippen molar-refractivity contribution in [1.82, 2.24) is 24.3 Å². The number of aromatic amines is 1. The van der Waals surface area contributed by atoms with Crippen LogP contribution in [0.25, 0.3) is 27.8 Å². The lowest BCUT2D eigenvalue weighted by molar-refractivity contribution is -0.138. The number of alkyl halides is 3. The molecule has 4 aromatic heterocycles. The van der Waals surface area contributed by atoms with Gasteiger partial charge in [0.1, 0.15) is 11.7 Å². The van der Waals surface area contributed by atoms with Gasteiger partial charge in [0.05, 0.1) is 5.69 Å². The summed E-state index contributed by atoms with van der Waals surface area (Å²) in [6.07, 6.45) is 2.03. The van der Waals surface area contributed by atoms with Gasteiger partial charge in [0.15, 0.2) is 11.5 Å². The Morgan fingerprint density at radius 2 is 2.00 bits per heavy atom. The first-order chi connectivity index (χ1) is 12.7. The lowest BCUT2D eigenvalue weighted by Gasteiger charge is -2.16. The molecule has 2 N–H and O–H groups in total. The van der Waals surface area contributed by atoms with Crippen LogP contribution < -0.4 is 5.32 Å². The molecular weight excluding hydrogens is 364 g/mol. The minimum atomic E-state index is -4.41. The quantitative estimate of drug-likeness (QED) is 0.527. The Morgan fingerprint density at radius 1 is 1.22 bits per heavy atom. The average molecular weight is 378 g/mol. The molecule has 0 aliphatic rings. The smallest absolute Gasteiger partial charge is 0.345 e. The number of hydrogen-bond acceptors (Lipinski definition) is 4. The number of aryl methyl sites for hydroxylation is 1. The summed E-state index contributed by atoms with van der Waals surface area (Å²) < 4.78 is 53.9. The average Bonchev–Trinajstić information content (AvgIpc) is 3.16. The second kappa shape index (κ2) is 5.93. The molecule has 0 saturated carbocycles. The van der Waals surface area contributed by atoms with E-state index in [0.717, 1.165) is 6.92 Å². The van der Waals surface area contributed by atoms with E-state index in [9.17, 15) is 17.6 Å². The fraction of sp³-hybridized carbons (Fsp3) is 0.235. The van der Waals surface area contributed by atoms with Crippen molar-refractivity contribution >= 4 is 22.6 Å². The second-order valence-electron chi connectivity index (χ2n) is 6.26. The molecule has 1 atom stereocenters. The van der Waals surface area contributed by atoms with Gasteiger partial charge < -0.3 is 14.7 Å². The zero-order chi connectivity index (χ0) is 19.3. The van der Waals surface area contributed by atoms with Crippen LogP contribution in [0.5, 0.6) is 0 Å². The van der Waals surface area contributed by atoms with E-state index in [1.165, 1.54) is 12.3 Å². The third kappa shape index (κ3) is 3.07. The van der Waals surface area contributed by atoms with Crippen molar-refractivity contribution < 1.29 is 17.6 Å². The highest BCUT2D eigenvalue weighted by molar-refractivity contribution is 5.93. The van der Waals surface area contributed by atoms with Crippen molar-refractivity contribution in [2.75, 3.05) is 5.32 Å². The van der Waals surface area contributed by atoms with Crippen LogP contribution in [0.15, 0.2) is 30.9 Å². The lowest BCUT2D eigenvalue weighted by atomic mass is 10.1. The van der Waals surface area contributed by atoms with Crippen LogP contribution in [-0.4, -0.2) is 36.6 Å². The summed E-state index contributed by atoms with van der Waals surface area (Å²) in [5, 5.41) is 2.78. The summed E-state index contributed by atoms with van der Waals surface area (Å²) in [4.78, 5) is 15.0. The van der Waals surface area contributed by atoms with E-state index in [4.69, 9.17) is 0 Å². The van der Waals surface area contributed by atoms with Gasteiger partial charge in [0.25, 0.3) is 0 Å². The molecule has 4 aromatic rings. The molecule has 4 rings (SSSR count). The minimum Gasteiger partial charge on any atom is -0.345 e. The molecule has 0 amide bonds. The summed E-state index contributed by atoms with van der Waals surface area (Å²) >= 11 is 0. The van der Waals surface area contributed by atoms with Crippen molar-refractivity contribution in [2.45, 2.75) is 26.1 Å². The molecule has 0 radical (unpaired) electrons. The van der Waals surface area contributed by atoms with Gasteiger partial charge in [-0.1, -0.05) is 0 Å². The van der Waals surface area contributed by atoms with Crippen LogP contribution >= 0.6 is 0 Å². The number of rotatable bonds is 3. The number of pyridine rings is 1. The molecule has 0 bridgehead atoms. The van der Waals surface area contributed by atoms with Crippen LogP contribution in [-0.2, 0) is 0 Å². The summed E-state index contributed by atoms with van der Waals surface area (Å²) in [6, 6.07) is -0.437. The molecule has 0 saturated heterocycles. The third-order valence-electron chi connectivity index (χ3n) is 4.21. The topological polar surface area (TPSA) is 70.9 Å². The molecular formula is C17H14F4N6. The molecule has 27 heavy (non-hydrogen) atoms. The normalized spacial score (nSPS) is 13.4. The molecule has 140 valence electrons. The molecule has 10 heteroatoms. The molecule has 0 aromatic carbocycles. The molecule has 0 unspecified atom stereocenters. The van der Waals surface area contributed by atoms with Crippen LogP contribution in [0.3, 0.4) is 0 Å². The predicted molar refractivity (Wildman–Crippen MR) is 91.9 cm³/mol. The summed E-state index contributed by atoms with van der Waals surface area (Å²) in [6.45, 7) is 2.75. The highest BCUT2D eigenvalue weighted by Gasteiger charge is 2.36. The number of nitrogens with one attached hydrogen (secondary N) is 2. The third-order valence-corrected chi connectivity index (χ3v) is 4.21. The van der Waals surface area contributed by atoms with Gasteiger partial charge in [-0.05, 0) is 19.9 Å². The Balaban J connectivity index is 1.74. The molecule has 0 aliphatic carbocycles. The molecule has 0 aliphatic heterocycles. The number of anilines is 1. The minimum absolute atomic E-state index is 0.146. The van der Waals surface area contributed by atoms with E-state index >= 15 is 0 Å². The number of imidazole rings is 1. The highest BCUT2D eigenvalue weighted by Crippen LogP contribution is 2.30. The van der Waals surface area contributed by atoms with E-state index < -0.39 is 18.0 Å². The summed E-state index contributed by atoms with van der Waals surface area (Å²) in [5.74, 6) is -0.624. The Morgan fingerprint density at radius 3 is 2.74 bits per heavy atom. The number of halogens is 4. The van der Waals surface area contributed by atoms with Gasteiger partial charge in [-0.15, -0.1) is 0 Å². The zero-order valence-corrected chi connectivity index (χ0v) is 14.3. The Hall–Kier alpha value is -3.17. The first kappa shape index (κ1) is 17.3. The van der Waals surface area contributed by atoms with Crippen molar-refractivity contribution in [3.63, 3.8) is 0 Å². The molecule has 0 fully saturated rings. The number of fused-ring (bicyclic) bond motifs is 2. The van der Waals surface area contributed by atoms with Gasteiger partial charge in [-0.2, -0.15) is 18.2 Å². The van der Waals surface area contributed by atoms with Crippen molar-refractivity contribution in [3.8, 4) is 11.1 Å². The highest BCUT2D eigenvalue weighted by atomic mass is 19.4. The van der Waals surface area contributed by atoms with Gasteiger partial charge in [-0.25, -0.2) is 14.4 Å². The Labute approximate surface area is 150 Å². The van der Waals surface area contributed by atoms with E-state index in [2.05, 4.69) is 25.3 Å². The van der Waals surface area contributed by atoms with Crippen LogP contribution in [0.4, 0.5) is 23.5 Å². The van der Waals surface area contributed by atoms with Gasteiger partial charge in [0.2, 0.25) is 5.95 Å². The standard InChI is InChI=1S/C17H14F4N6/c1-8-6-27-7-10(3-13(18)15(27)24-8)11-4-22-14-12(11)5-23-16(26-14)25-9(2)17(19,20)21/h3-7,9H,1-2H3,(H2,22,23,25,26)/t9-/m0/s1. The van der Waals surface area contributed by atoms with E-state index in [1.807, 2.05) is 0 Å². The number of H-pyrrole nitrogens is 1. The zero-order valence-electron chi connectivity index (χ0n) is 14.3. The fourth-order valence-electron chi connectivity index (χ4n) is 2.82. The maximum Gasteiger partial charge on any atom is 0.408 e. The lowest BCUT2D eigenvalue weighted by Crippen LogP contribution is -2.33. The number of aromatic nitrogens is 5. The predicted octanol–water partition coefficient (Wildman–Crippen LogP) is 4.08. The maximum atomic E-state index is 14.3. The van der Waals surface area contributed by atoms with Crippen LogP contribution in [0.1, 0.15) is 12.6 Å². The van der Waals surface area contributed by atoms with E-state index in [0.29, 0.717) is 27.9 Å². The molecule has 4 heterocycles. The van der Waals surface area contributed by atoms with Gasteiger partial charge in [0, 0.05) is 41.3 Å². The van der Waals surface area contributed by atoms with Crippen molar-refractivity contribution in [1.29, 1.82) is 0 Å². The van der Waals surface area contributed by atoms with E-state index in [1.54, 1.807) is 29.9 Å². The first-order valence-electron chi connectivity index (χ1n) is 8.05. The van der Waals surface area contributed by atoms with Crippen molar-refractivity contribution in [3.05, 3.63) is 42.4 Å². The number of nitrogens with zero attached hydrogens (tertiary/aromatic N) is 4.